The molecule has 27 heavy (non-hydrogen) atoms. The Morgan fingerprint density at radius 3 is 2.44 bits per heavy atom. The SMILES string of the molecule is CC(C(=O)Nc1ccccc1C(F)(F)F)N(C)CCOc1ccc(Cl)cc1. The van der Waals surface area contributed by atoms with Gasteiger partial charge in [-0.15, -0.1) is 0 Å². The summed E-state index contributed by atoms with van der Waals surface area (Å²) < 4.78 is 44.6. The first-order valence-corrected chi connectivity index (χ1v) is 8.62. The van der Waals surface area contributed by atoms with Gasteiger partial charge in [-0.3, -0.25) is 9.69 Å². The molecular formula is C19H20ClF3N2O2. The summed E-state index contributed by atoms with van der Waals surface area (Å²) in [6, 6.07) is 11.1. The van der Waals surface area contributed by atoms with Crippen LogP contribution in [-0.4, -0.2) is 37.0 Å². The van der Waals surface area contributed by atoms with E-state index in [1.807, 2.05) is 0 Å². The number of carbonyl (C=O) groups excluding carboxylic acids is 1. The molecule has 8 heteroatoms. The zero-order chi connectivity index (χ0) is 20.0. The van der Waals surface area contributed by atoms with Gasteiger partial charge in [0, 0.05) is 11.6 Å². The third kappa shape index (κ3) is 6.15. The highest BCUT2D eigenvalue weighted by Crippen LogP contribution is 2.34. The Balaban J connectivity index is 1.90. The van der Waals surface area contributed by atoms with Crippen molar-refractivity contribution >= 4 is 23.2 Å². The second-order valence-corrected chi connectivity index (χ2v) is 6.43. The van der Waals surface area contributed by atoms with Gasteiger partial charge >= 0.3 is 6.18 Å². The lowest BCUT2D eigenvalue weighted by Crippen LogP contribution is -2.41. The smallest absolute Gasteiger partial charge is 0.418 e. The average Bonchev–Trinajstić information content (AvgIpc) is 2.62. The quantitative estimate of drug-likeness (QED) is 0.732. The first kappa shape index (κ1) is 21.1. The summed E-state index contributed by atoms with van der Waals surface area (Å²) in [5.41, 5.74) is -1.13. The molecule has 2 aromatic carbocycles. The number of amides is 1. The van der Waals surface area contributed by atoms with Crippen molar-refractivity contribution < 1.29 is 22.7 Å². The van der Waals surface area contributed by atoms with Crippen molar-refractivity contribution in [1.29, 1.82) is 0 Å². The van der Waals surface area contributed by atoms with Gasteiger partial charge in [0.1, 0.15) is 12.4 Å². The van der Waals surface area contributed by atoms with E-state index in [9.17, 15) is 18.0 Å². The van der Waals surface area contributed by atoms with E-state index in [4.69, 9.17) is 16.3 Å². The number of ether oxygens (including phenoxy) is 1. The third-order valence-electron chi connectivity index (χ3n) is 4.06. The van der Waals surface area contributed by atoms with Crippen LogP contribution in [-0.2, 0) is 11.0 Å². The van der Waals surface area contributed by atoms with Gasteiger partial charge in [-0.05, 0) is 50.4 Å². The van der Waals surface area contributed by atoms with Crippen molar-refractivity contribution in [2.45, 2.75) is 19.1 Å². The van der Waals surface area contributed by atoms with E-state index in [0.717, 1.165) is 6.07 Å². The van der Waals surface area contributed by atoms with Crippen LogP contribution >= 0.6 is 11.6 Å². The fourth-order valence-corrected chi connectivity index (χ4v) is 2.43. The maximum atomic E-state index is 13.0. The Kier molecular flexibility index (Phi) is 7.10. The molecule has 4 nitrogen and oxygen atoms in total. The maximum absolute atomic E-state index is 13.0. The van der Waals surface area contributed by atoms with Crippen molar-refractivity contribution in [3.8, 4) is 5.75 Å². The molecule has 146 valence electrons. The Morgan fingerprint density at radius 2 is 1.81 bits per heavy atom. The summed E-state index contributed by atoms with van der Waals surface area (Å²) in [6.45, 7) is 2.35. The minimum absolute atomic E-state index is 0.257. The maximum Gasteiger partial charge on any atom is 0.418 e. The fourth-order valence-electron chi connectivity index (χ4n) is 2.31. The van der Waals surface area contributed by atoms with Gasteiger partial charge in [0.15, 0.2) is 0 Å². The molecule has 0 fully saturated rings. The molecule has 1 atom stereocenters. The molecule has 0 saturated heterocycles. The minimum Gasteiger partial charge on any atom is -0.492 e. The molecule has 2 aromatic rings. The van der Waals surface area contributed by atoms with E-state index in [0.29, 0.717) is 23.9 Å². The molecule has 1 amide bonds. The highest BCUT2D eigenvalue weighted by molar-refractivity contribution is 6.30. The largest absolute Gasteiger partial charge is 0.492 e. The Labute approximate surface area is 160 Å². The van der Waals surface area contributed by atoms with E-state index >= 15 is 0 Å². The average molecular weight is 401 g/mol. The minimum atomic E-state index is -4.54. The molecular weight excluding hydrogens is 381 g/mol. The van der Waals surface area contributed by atoms with Crippen LogP contribution in [0.2, 0.25) is 5.02 Å². The van der Waals surface area contributed by atoms with Crippen LogP contribution in [0.5, 0.6) is 5.75 Å². The van der Waals surface area contributed by atoms with Crippen molar-refractivity contribution in [3.05, 3.63) is 59.1 Å². The Morgan fingerprint density at radius 1 is 1.19 bits per heavy atom. The van der Waals surface area contributed by atoms with Crippen LogP contribution in [0.3, 0.4) is 0 Å². The summed E-state index contributed by atoms with van der Waals surface area (Å²) in [6.07, 6.45) is -4.54. The van der Waals surface area contributed by atoms with Gasteiger partial charge in [0.25, 0.3) is 0 Å². The molecule has 1 unspecified atom stereocenters. The predicted octanol–water partition coefficient (Wildman–Crippen LogP) is 4.70. The number of benzene rings is 2. The number of likely N-dealkylation sites (N-methyl/N-ethyl adjacent to an activating group) is 1. The summed E-state index contributed by atoms with van der Waals surface area (Å²) in [5, 5.41) is 2.96. The number of para-hydroxylation sites is 1. The van der Waals surface area contributed by atoms with E-state index < -0.39 is 23.7 Å². The number of hydrogen-bond acceptors (Lipinski definition) is 3. The number of alkyl halides is 3. The summed E-state index contributed by atoms with van der Waals surface area (Å²) >= 11 is 5.80. The molecule has 0 aliphatic carbocycles. The van der Waals surface area contributed by atoms with E-state index in [1.165, 1.54) is 18.2 Å². The zero-order valence-corrected chi connectivity index (χ0v) is 15.6. The van der Waals surface area contributed by atoms with E-state index in [2.05, 4.69) is 5.32 Å². The van der Waals surface area contributed by atoms with Crippen LogP contribution in [0, 0.1) is 0 Å². The highest BCUT2D eigenvalue weighted by atomic mass is 35.5. The van der Waals surface area contributed by atoms with Gasteiger partial charge < -0.3 is 10.1 Å². The monoisotopic (exact) mass is 400 g/mol. The normalized spacial score (nSPS) is 12.7. The first-order valence-electron chi connectivity index (χ1n) is 8.24. The second kappa shape index (κ2) is 9.10. The summed E-state index contributed by atoms with van der Waals surface area (Å²) in [5.74, 6) is 0.115. The fraction of sp³-hybridized carbons (Fsp3) is 0.316. The molecule has 0 saturated carbocycles. The van der Waals surface area contributed by atoms with Gasteiger partial charge in [-0.1, -0.05) is 23.7 Å². The number of hydrogen-bond donors (Lipinski definition) is 1. The molecule has 0 aliphatic rings. The van der Waals surface area contributed by atoms with E-state index in [-0.39, 0.29) is 5.69 Å². The summed E-state index contributed by atoms with van der Waals surface area (Å²) in [4.78, 5) is 14.0. The third-order valence-corrected chi connectivity index (χ3v) is 4.31. The lowest BCUT2D eigenvalue weighted by Gasteiger charge is -2.24. The van der Waals surface area contributed by atoms with Crippen LogP contribution in [0.4, 0.5) is 18.9 Å². The molecule has 0 aromatic heterocycles. The van der Waals surface area contributed by atoms with Crippen LogP contribution in [0.1, 0.15) is 12.5 Å². The number of rotatable bonds is 7. The standard InChI is InChI=1S/C19H20ClF3N2O2/c1-13(25(2)11-12-27-15-9-7-14(20)8-10-15)18(26)24-17-6-4-3-5-16(17)19(21,22)23/h3-10,13H,11-12H2,1-2H3,(H,24,26). The van der Waals surface area contributed by atoms with Crippen LogP contribution in [0.15, 0.2) is 48.5 Å². The zero-order valence-electron chi connectivity index (χ0n) is 14.9. The van der Waals surface area contributed by atoms with Gasteiger partial charge in [0.05, 0.1) is 17.3 Å². The highest BCUT2D eigenvalue weighted by Gasteiger charge is 2.34. The van der Waals surface area contributed by atoms with Crippen molar-refractivity contribution in [2.75, 3.05) is 25.5 Å². The lowest BCUT2D eigenvalue weighted by atomic mass is 10.1. The Hall–Kier alpha value is -2.25. The van der Waals surface area contributed by atoms with E-state index in [1.54, 1.807) is 43.1 Å². The lowest BCUT2D eigenvalue weighted by molar-refractivity contribution is -0.137. The molecule has 1 N–H and O–H groups in total. The Bertz CT molecular complexity index is 766. The van der Waals surface area contributed by atoms with Crippen molar-refractivity contribution in [3.63, 3.8) is 0 Å². The molecule has 0 radical (unpaired) electrons. The number of anilines is 1. The molecule has 0 heterocycles. The van der Waals surface area contributed by atoms with Crippen LogP contribution < -0.4 is 10.1 Å². The predicted molar refractivity (Wildman–Crippen MR) is 99.1 cm³/mol. The van der Waals surface area contributed by atoms with Crippen molar-refractivity contribution in [2.24, 2.45) is 0 Å². The van der Waals surface area contributed by atoms with Crippen LogP contribution in [0.25, 0.3) is 0 Å². The van der Waals surface area contributed by atoms with Crippen molar-refractivity contribution in [1.82, 2.24) is 4.90 Å². The number of halogens is 4. The number of nitrogens with one attached hydrogen (secondary N) is 1. The van der Waals surface area contributed by atoms with Gasteiger partial charge in [-0.25, -0.2) is 0 Å². The second-order valence-electron chi connectivity index (χ2n) is 5.99. The number of carbonyl (C=O) groups is 1. The first-order chi connectivity index (χ1) is 12.7. The number of nitrogens with zero attached hydrogens (tertiary/aromatic N) is 1. The van der Waals surface area contributed by atoms with Gasteiger partial charge in [-0.2, -0.15) is 13.2 Å². The topological polar surface area (TPSA) is 41.6 Å². The molecule has 0 aliphatic heterocycles. The summed E-state index contributed by atoms with van der Waals surface area (Å²) in [7, 11) is 1.70. The molecule has 0 spiro atoms. The van der Waals surface area contributed by atoms with Gasteiger partial charge in [0.2, 0.25) is 5.91 Å². The molecule has 0 bridgehead atoms. The molecule has 2 rings (SSSR count).